The second-order valence-electron chi connectivity index (χ2n) is 7.51. The van der Waals surface area contributed by atoms with Crippen LogP contribution in [-0.4, -0.2) is 65.0 Å². The number of ether oxygens (including phenoxy) is 1. The average molecular weight is 339 g/mol. The number of likely N-dealkylation sites (N-methyl/N-ethyl adjacent to an activating group) is 1. The summed E-state index contributed by atoms with van der Waals surface area (Å²) >= 11 is 6.26. The Hall–Kier alpha value is -0.620. The lowest BCUT2D eigenvalue weighted by molar-refractivity contribution is 0.0473. The van der Waals surface area contributed by atoms with Gasteiger partial charge in [0.05, 0.1) is 23.9 Å². The molecule has 23 heavy (non-hydrogen) atoms. The van der Waals surface area contributed by atoms with Gasteiger partial charge in [-0.3, -0.25) is 14.5 Å². The molecule has 3 fully saturated rings. The van der Waals surface area contributed by atoms with Crippen LogP contribution in [-0.2, 0) is 18.3 Å². The van der Waals surface area contributed by atoms with Crippen LogP contribution in [0, 0.1) is 11.3 Å². The average Bonchev–Trinajstić information content (AvgIpc) is 3.20. The minimum Gasteiger partial charge on any atom is -0.379 e. The van der Waals surface area contributed by atoms with Gasteiger partial charge in [-0.2, -0.15) is 5.10 Å². The highest BCUT2D eigenvalue weighted by molar-refractivity contribution is 6.31. The smallest absolute Gasteiger partial charge is 0.0950 e. The van der Waals surface area contributed by atoms with Crippen LogP contribution < -0.4 is 0 Å². The normalized spacial score (nSPS) is 31.1. The van der Waals surface area contributed by atoms with E-state index in [4.69, 9.17) is 16.3 Å². The van der Waals surface area contributed by atoms with E-state index in [1.165, 1.54) is 19.4 Å². The molecule has 0 unspecified atom stereocenters. The summed E-state index contributed by atoms with van der Waals surface area (Å²) in [5.41, 5.74) is 1.48. The number of aryl methyl sites for hydroxylation is 1. The van der Waals surface area contributed by atoms with Crippen LogP contribution in [0.5, 0.6) is 0 Å². The van der Waals surface area contributed by atoms with Crippen LogP contribution in [0.2, 0.25) is 5.02 Å². The lowest BCUT2D eigenvalue weighted by Crippen LogP contribution is -2.44. The third kappa shape index (κ3) is 2.72. The number of rotatable bonds is 3. The Kier molecular flexibility index (Phi) is 4.16. The first-order valence-corrected chi connectivity index (χ1v) is 9.21. The van der Waals surface area contributed by atoms with Gasteiger partial charge in [0.2, 0.25) is 0 Å². The van der Waals surface area contributed by atoms with Crippen molar-refractivity contribution in [2.75, 3.05) is 39.4 Å². The van der Waals surface area contributed by atoms with Gasteiger partial charge in [0.25, 0.3) is 0 Å². The van der Waals surface area contributed by atoms with E-state index >= 15 is 0 Å². The Labute approximate surface area is 143 Å². The van der Waals surface area contributed by atoms with Crippen molar-refractivity contribution >= 4 is 11.6 Å². The van der Waals surface area contributed by atoms with Gasteiger partial charge in [-0.1, -0.05) is 18.5 Å². The van der Waals surface area contributed by atoms with Crippen LogP contribution >= 0.6 is 11.6 Å². The second kappa shape index (κ2) is 6.03. The Morgan fingerprint density at radius 2 is 2.13 bits per heavy atom. The fourth-order valence-corrected chi connectivity index (χ4v) is 5.22. The highest BCUT2D eigenvalue weighted by Gasteiger charge is 2.54. The first-order valence-electron chi connectivity index (χ1n) is 8.83. The molecule has 3 saturated heterocycles. The number of aromatic nitrogens is 2. The predicted octanol–water partition coefficient (Wildman–Crippen LogP) is 2.01. The molecule has 1 aromatic rings. The molecule has 0 aliphatic carbocycles. The molecule has 0 radical (unpaired) electrons. The molecule has 0 aromatic carbocycles. The zero-order chi connectivity index (χ0) is 16.0. The van der Waals surface area contributed by atoms with Crippen LogP contribution in [0.3, 0.4) is 0 Å². The topological polar surface area (TPSA) is 33.5 Å². The van der Waals surface area contributed by atoms with Gasteiger partial charge in [-0.15, -0.1) is 0 Å². The number of likely N-dealkylation sites (tertiary alicyclic amines) is 2. The van der Waals surface area contributed by atoms with E-state index in [1.807, 2.05) is 13.2 Å². The summed E-state index contributed by atoms with van der Waals surface area (Å²) in [6, 6.07) is 0.664. The highest BCUT2D eigenvalue weighted by Crippen LogP contribution is 2.50. The summed E-state index contributed by atoms with van der Waals surface area (Å²) in [5.74, 6) is 0.739. The molecule has 3 aliphatic rings. The van der Waals surface area contributed by atoms with Crippen molar-refractivity contribution in [1.29, 1.82) is 0 Å². The van der Waals surface area contributed by atoms with Gasteiger partial charge in [0.15, 0.2) is 0 Å². The Morgan fingerprint density at radius 1 is 1.35 bits per heavy atom. The lowest BCUT2D eigenvalue weighted by Gasteiger charge is -2.42. The van der Waals surface area contributed by atoms with Gasteiger partial charge in [0, 0.05) is 38.3 Å². The number of piperidine rings is 1. The molecule has 0 saturated carbocycles. The summed E-state index contributed by atoms with van der Waals surface area (Å²) in [6.45, 7) is 9.77. The molecule has 4 rings (SSSR count). The maximum Gasteiger partial charge on any atom is 0.0950 e. The number of halogens is 1. The van der Waals surface area contributed by atoms with Crippen molar-refractivity contribution in [1.82, 2.24) is 19.6 Å². The number of hydrogen-bond donors (Lipinski definition) is 0. The van der Waals surface area contributed by atoms with E-state index in [2.05, 4.69) is 21.8 Å². The molecule has 3 aliphatic heterocycles. The van der Waals surface area contributed by atoms with Gasteiger partial charge in [0.1, 0.15) is 0 Å². The Balaban J connectivity index is 1.42. The van der Waals surface area contributed by atoms with Crippen LogP contribution in [0.15, 0.2) is 6.20 Å². The minimum atomic E-state index is 0.474. The summed E-state index contributed by atoms with van der Waals surface area (Å²) in [5, 5.41) is 5.27. The fraction of sp³-hybridized carbons (Fsp3) is 0.824. The maximum atomic E-state index is 6.26. The van der Waals surface area contributed by atoms with E-state index in [1.54, 1.807) is 4.68 Å². The van der Waals surface area contributed by atoms with Gasteiger partial charge < -0.3 is 4.74 Å². The first-order chi connectivity index (χ1) is 11.1. The molecule has 0 N–H and O–H groups in total. The predicted molar refractivity (Wildman–Crippen MR) is 90.5 cm³/mol. The minimum absolute atomic E-state index is 0.474. The van der Waals surface area contributed by atoms with E-state index in [0.29, 0.717) is 11.5 Å². The third-order valence-electron chi connectivity index (χ3n) is 6.31. The quantitative estimate of drug-likeness (QED) is 0.844. The third-order valence-corrected chi connectivity index (χ3v) is 6.63. The molecular weight excluding hydrogens is 312 g/mol. The van der Waals surface area contributed by atoms with Crippen molar-refractivity contribution in [2.45, 2.75) is 32.4 Å². The van der Waals surface area contributed by atoms with Crippen molar-refractivity contribution in [3.63, 3.8) is 0 Å². The molecule has 1 aromatic heterocycles. The Morgan fingerprint density at radius 3 is 2.78 bits per heavy atom. The number of fused-ring (bicyclic) bond motifs is 2. The van der Waals surface area contributed by atoms with Gasteiger partial charge in [-0.05, 0) is 37.9 Å². The zero-order valence-electron chi connectivity index (χ0n) is 14.2. The number of nitrogens with zero attached hydrogens (tertiary/aromatic N) is 4. The molecule has 1 spiro atoms. The van der Waals surface area contributed by atoms with E-state index in [9.17, 15) is 0 Å². The molecule has 0 bridgehead atoms. The van der Waals surface area contributed by atoms with E-state index < -0.39 is 0 Å². The zero-order valence-corrected chi connectivity index (χ0v) is 14.9. The Bertz CT molecular complexity index is 567. The molecule has 2 atom stereocenters. The monoisotopic (exact) mass is 338 g/mol. The summed E-state index contributed by atoms with van der Waals surface area (Å²) in [4.78, 5) is 5.17. The molecule has 0 amide bonds. The van der Waals surface area contributed by atoms with Crippen molar-refractivity contribution in [3.8, 4) is 0 Å². The van der Waals surface area contributed by atoms with E-state index in [-0.39, 0.29) is 0 Å². The maximum absolute atomic E-state index is 6.26. The van der Waals surface area contributed by atoms with E-state index in [0.717, 1.165) is 56.0 Å². The largest absolute Gasteiger partial charge is 0.379 e. The summed E-state index contributed by atoms with van der Waals surface area (Å²) in [7, 11) is 1.93. The standard InChI is InChI=1S/C17H27ClN4O/c1-3-22-12-17(13-10-23-11-16(13)22)4-6-21(7-5-17)9-15-14(18)8-20(2)19-15/h8,13,16H,3-7,9-12H2,1-2H3/t13-,16+/m0/s1. The molecule has 128 valence electrons. The van der Waals surface area contributed by atoms with Crippen molar-refractivity contribution < 1.29 is 4.74 Å². The van der Waals surface area contributed by atoms with Crippen LogP contribution in [0.25, 0.3) is 0 Å². The number of hydrogen-bond acceptors (Lipinski definition) is 4. The fourth-order valence-electron chi connectivity index (χ4n) is 4.98. The first kappa shape index (κ1) is 15.9. The molecule has 6 heteroatoms. The highest BCUT2D eigenvalue weighted by atomic mass is 35.5. The van der Waals surface area contributed by atoms with Gasteiger partial charge in [-0.25, -0.2) is 0 Å². The summed E-state index contributed by atoms with van der Waals surface area (Å²) < 4.78 is 7.63. The van der Waals surface area contributed by atoms with Crippen LogP contribution in [0.1, 0.15) is 25.5 Å². The SMILES string of the molecule is CCN1CC2(CCN(Cc3nn(C)cc3Cl)CC2)[C@H]2COC[C@H]21. The molecule has 4 heterocycles. The van der Waals surface area contributed by atoms with Crippen molar-refractivity contribution in [3.05, 3.63) is 16.9 Å². The molecule has 5 nitrogen and oxygen atoms in total. The van der Waals surface area contributed by atoms with Gasteiger partial charge >= 0.3 is 0 Å². The second-order valence-corrected chi connectivity index (χ2v) is 7.92. The van der Waals surface area contributed by atoms with Crippen molar-refractivity contribution in [2.24, 2.45) is 18.4 Å². The molecular formula is C17H27ClN4O. The lowest BCUT2D eigenvalue weighted by atomic mass is 9.70. The van der Waals surface area contributed by atoms with Crippen LogP contribution in [0.4, 0.5) is 0 Å². The summed E-state index contributed by atoms with van der Waals surface area (Å²) in [6.07, 6.45) is 4.44.